The minimum absolute atomic E-state index is 0.220. The van der Waals surface area contributed by atoms with Gasteiger partial charge in [-0.2, -0.15) is 5.10 Å². The first-order valence-corrected chi connectivity index (χ1v) is 8.20. The summed E-state index contributed by atoms with van der Waals surface area (Å²) in [5.74, 6) is 0. The van der Waals surface area contributed by atoms with E-state index < -0.39 is 0 Å². The van der Waals surface area contributed by atoms with Crippen molar-refractivity contribution in [2.75, 3.05) is 13.1 Å². The largest absolute Gasteiger partial charge is 0.326 e. The topological polar surface area (TPSA) is 47.1 Å². The molecule has 1 aromatic rings. The number of aryl methyl sites for hydroxylation is 1. The van der Waals surface area contributed by atoms with Gasteiger partial charge in [0.1, 0.15) is 0 Å². The van der Waals surface area contributed by atoms with Crippen LogP contribution in [0.3, 0.4) is 0 Å². The quantitative estimate of drug-likeness (QED) is 0.916. The lowest BCUT2D eigenvalue weighted by molar-refractivity contribution is 0.0479. The van der Waals surface area contributed by atoms with Gasteiger partial charge < -0.3 is 5.73 Å². The Bertz CT molecular complexity index is 427. The van der Waals surface area contributed by atoms with Gasteiger partial charge in [-0.1, -0.05) is 19.3 Å². The van der Waals surface area contributed by atoms with E-state index in [1.807, 2.05) is 17.9 Å². The van der Waals surface area contributed by atoms with Crippen molar-refractivity contribution in [1.29, 1.82) is 0 Å². The van der Waals surface area contributed by atoms with E-state index in [1.54, 1.807) is 0 Å². The first kappa shape index (κ1) is 14.1. The number of aromatic nitrogens is 2. The van der Waals surface area contributed by atoms with E-state index in [1.165, 1.54) is 58.0 Å². The Morgan fingerprint density at radius 2 is 1.90 bits per heavy atom. The second-order valence-corrected chi connectivity index (χ2v) is 6.65. The van der Waals surface area contributed by atoms with Crippen molar-refractivity contribution in [2.24, 2.45) is 12.8 Å². The van der Waals surface area contributed by atoms with Crippen LogP contribution in [0.1, 0.15) is 50.6 Å². The number of nitrogens with zero attached hydrogens (tertiary/aromatic N) is 3. The monoisotopic (exact) mass is 276 g/mol. The Hall–Kier alpha value is -0.870. The van der Waals surface area contributed by atoms with Gasteiger partial charge in [-0.05, 0) is 44.8 Å². The van der Waals surface area contributed by atoms with Gasteiger partial charge in [0.2, 0.25) is 0 Å². The molecule has 1 aliphatic carbocycles. The maximum absolute atomic E-state index is 6.70. The summed E-state index contributed by atoms with van der Waals surface area (Å²) in [4.78, 5) is 2.72. The third kappa shape index (κ3) is 2.63. The van der Waals surface area contributed by atoms with Crippen LogP contribution in [0, 0.1) is 0 Å². The number of likely N-dealkylation sites (tertiary alicyclic amines) is 1. The highest BCUT2D eigenvalue weighted by Gasteiger charge is 2.44. The van der Waals surface area contributed by atoms with Crippen LogP contribution in [0.25, 0.3) is 0 Å². The summed E-state index contributed by atoms with van der Waals surface area (Å²) in [6.07, 6.45) is 12.3. The third-order valence-electron chi connectivity index (χ3n) is 5.34. The minimum atomic E-state index is 0.220. The molecule has 1 aromatic heterocycles. The fourth-order valence-electron chi connectivity index (χ4n) is 4.24. The van der Waals surface area contributed by atoms with E-state index in [9.17, 15) is 0 Å². The molecule has 0 bridgehead atoms. The molecule has 2 N–H and O–H groups in total. The average molecular weight is 276 g/mol. The summed E-state index contributed by atoms with van der Waals surface area (Å²) >= 11 is 0. The van der Waals surface area contributed by atoms with Crippen molar-refractivity contribution in [3.05, 3.63) is 18.0 Å². The van der Waals surface area contributed by atoms with Crippen molar-refractivity contribution in [1.82, 2.24) is 14.7 Å². The van der Waals surface area contributed by atoms with Crippen molar-refractivity contribution < 1.29 is 0 Å². The lowest BCUT2D eigenvalue weighted by Crippen LogP contribution is -2.60. The molecule has 1 unspecified atom stereocenters. The zero-order chi connectivity index (χ0) is 14.0. The van der Waals surface area contributed by atoms with Crippen LogP contribution in [-0.2, 0) is 13.5 Å². The van der Waals surface area contributed by atoms with Crippen LogP contribution >= 0.6 is 0 Å². The molecular weight excluding hydrogens is 248 g/mol. The average Bonchev–Trinajstić information content (AvgIpc) is 3.10. The highest BCUT2D eigenvalue weighted by atomic mass is 15.3. The molecule has 112 valence electrons. The van der Waals surface area contributed by atoms with Gasteiger partial charge in [0.15, 0.2) is 0 Å². The number of hydrogen-bond donors (Lipinski definition) is 1. The first-order valence-electron chi connectivity index (χ1n) is 8.20. The molecule has 4 nitrogen and oxygen atoms in total. The summed E-state index contributed by atoms with van der Waals surface area (Å²) in [6, 6.07) is 2.33. The van der Waals surface area contributed by atoms with Crippen LogP contribution in [0.4, 0.5) is 0 Å². The normalized spacial score (nSPS) is 24.9. The smallest absolute Gasteiger partial charge is 0.0640 e. The lowest BCUT2D eigenvalue weighted by Gasteiger charge is -2.47. The molecule has 1 aliphatic heterocycles. The number of rotatable bonds is 4. The summed E-state index contributed by atoms with van der Waals surface area (Å²) in [5.41, 5.74) is 8.09. The van der Waals surface area contributed by atoms with Crippen LogP contribution in [-0.4, -0.2) is 39.4 Å². The molecule has 0 aromatic carbocycles. The molecule has 2 fully saturated rings. The molecule has 3 rings (SSSR count). The molecule has 0 amide bonds. The van der Waals surface area contributed by atoms with Gasteiger partial charge in [0, 0.05) is 31.2 Å². The zero-order valence-electron chi connectivity index (χ0n) is 12.7. The van der Waals surface area contributed by atoms with E-state index in [-0.39, 0.29) is 11.6 Å². The molecule has 0 radical (unpaired) electrons. The van der Waals surface area contributed by atoms with Gasteiger partial charge in [0.05, 0.1) is 5.69 Å². The van der Waals surface area contributed by atoms with E-state index in [2.05, 4.69) is 16.1 Å². The Kier molecular flexibility index (Phi) is 4.13. The van der Waals surface area contributed by atoms with Gasteiger partial charge in [-0.25, -0.2) is 0 Å². The second kappa shape index (κ2) is 5.86. The van der Waals surface area contributed by atoms with Crippen LogP contribution in [0.5, 0.6) is 0 Å². The highest BCUT2D eigenvalue weighted by molar-refractivity contribution is 5.09. The molecule has 1 saturated heterocycles. The first-order chi connectivity index (χ1) is 9.71. The molecule has 4 heteroatoms. The summed E-state index contributed by atoms with van der Waals surface area (Å²) in [6.45, 7) is 2.49. The van der Waals surface area contributed by atoms with Crippen molar-refractivity contribution in [2.45, 2.75) is 62.9 Å². The molecule has 0 spiro atoms. The third-order valence-corrected chi connectivity index (χ3v) is 5.34. The Morgan fingerprint density at radius 1 is 1.20 bits per heavy atom. The van der Waals surface area contributed by atoms with Gasteiger partial charge in [0.25, 0.3) is 0 Å². The maximum Gasteiger partial charge on any atom is 0.0640 e. The van der Waals surface area contributed by atoms with Crippen LogP contribution in [0.2, 0.25) is 0 Å². The SMILES string of the molecule is Cn1ccc(CC(N)C2(N3CCCCC3)CCCC2)n1. The summed E-state index contributed by atoms with van der Waals surface area (Å²) < 4.78 is 1.88. The van der Waals surface area contributed by atoms with Gasteiger partial charge >= 0.3 is 0 Å². The molecule has 20 heavy (non-hydrogen) atoms. The Labute approximate surface area is 122 Å². The van der Waals surface area contributed by atoms with E-state index in [0.717, 1.165) is 12.1 Å². The molecule has 1 saturated carbocycles. The Morgan fingerprint density at radius 3 is 2.50 bits per heavy atom. The standard InChI is InChI=1S/C16H28N4/c1-19-12-7-14(18-19)13-15(17)16(8-3-4-9-16)20-10-5-2-6-11-20/h7,12,15H,2-6,8-11,13,17H2,1H3. The summed E-state index contributed by atoms with van der Waals surface area (Å²) in [5, 5.41) is 4.52. The van der Waals surface area contributed by atoms with Crippen LogP contribution < -0.4 is 5.73 Å². The second-order valence-electron chi connectivity index (χ2n) is 6.65. The predicted octanol–water partition coefficient (Wildman–Crippen LogP) is 2.09. The molecule has 2 heterocycles. The maximum atomic E-state index is 6.70. The van der Waals surface area contributed by atoms with E-state index >= 15 is 0 Å². The van der Waals surface area contributed by atoms with Crippen LogP contribution in [0.15, 0.2) is 12.3 Å². The van der Waals surface area contributed by atoms with E-state index in [0.29, 0.717) is 0 Å². The number of piperidine rings is 1. The lowest BCUT2D eigenvalue weighted by atomic mass is 9.82. The van der Waals surface area contributed by atoms with Gasteiger partial charge in [-0.15, -0.1) is 0 Å². The van der Waals surface area contributed by atoms with Gasteiger partial charge in [-0.3, -0.25) is 9.58 Å². The fourth-order valence-corrected chi connectivity index (χ4v) is 4.24. The molecule has 2 aliphatic rings. The summed E-state index contributed by atoms with van der Waals surface area (Å²) in [7, 11) is 1.98. The van der Waals surface area contributed by atoms with Crippen molar-refractivity contribution in [3.63, 3.8) is 0 Å². The minimum Gasteiger partial charge on any atom is -0.326 e. The molecular formula is C16H28N4. The predicted molar refractivity (Wildman–Crippen MR) is 81.5 cm³/mol. The van der Waals surface area contributed by atoms with Crippen molar-refractivity contribution in [3.8, 4) is 0 Å². The van der Waals surface area contributed by atoms with E-state index in [4.69, 9.17) is 5.73 Å². The fraction of sp³-hybridized carbons (Fsp3) is 0.812. The van der Waals surface area contributed by atoms with Crippen molar-refractivity contribution >= 4 is 0 Å². The molecule has 1 atom stereocenters. The zero-order valence-corrected chi connectivity index (χ0v) is 12.7. The number of hydrogen-bond acceptors (Lipinski definition) is 3. The number of nitrogens with two attached hydrogens (primary N) is 1. The highest BCUT2D eigenvalue weighted by Crippen LogP contribution is 2.39. The Balaban J connectivity index is 1.75.